The van der Waals surface area contributed by atoms with Gasteiger partial charge in [-0.05, 0) is 42.8 Å². The first kappa shape index (κ1) is 15.1. The van der Waals surface area contributed by atoms with Crippen molar-refractivity contribution in [1.29, 1.82) is 0 Å². The van der Waals surface area contributed by atoms with Gasteiger partial charge in [-0.2, -0.15) is 0 Å². The highest BCUT2D eigenvalue weighted by Gasteiger charge is 2.09. The highest BCUT2D eigenvalue weighted by molar-refractivity contribution is 5.95. The number of benzene rings is 2. The molecule has 0 fully saturated rings. The van der Waals surface area contributed by atoms with Gasteiger partial charge in [0.05, 0.1) is 5.56 Å². The van der Waals surface area contributed by atoms with E-state index in [-0.39, 0.29) is 0 Å². The molecule has 2 aromatic rings. The molecule has 4 nitrogen and oxygen atoms in total. The fourth-order valence-corrected chi connectivity index (χ4v) is 1.97. The van der Waals surface area contributed by atoms with Crippen LogP contribution in [0.15, 0.2) is 48.5 Å². The van der Waals surface area contributed by atoms with Crippen LogP contribution in [-0.4, -0.2) is 12.5 Å². The van der Waals surface area contributed by atoms with Gasteiger partial charge in [0.2, 0.25) is 0 Å². The molecule has 3 N–H and O–H groups in total. The standard InChI is InChI=1S/C17H20N2O2/c1-2-11-19-12-13-7-9-14(10-8-13)21-16-6-4-3-5-15(16)17(18)20/h3-10,19H,2,11-12H2,1H3,(H2,18,20). The van der Waals surface area contributed by atoms with Crippen molar-refractivity contribution in [2.45, 2.75) is 19.9 Å². The number of carbonyl (C=O) groups excluding carboxylic acids is 1. The van der Waals surface area contributed by atoms with E-state index in [0.29, 0.717) is 17.1 Å². The third-order valence-corrected chi connectivity index (χ3v) is 3.06. The Balaban J connectivity index is 2.05. The molecule has 0 atom stereocenters. The van der Waals surface area contributed by atoms with Crippen LogP contribution >= 0.6 is 0 Å². The zero-order valence-corrected chi connectivity index (χ0v) is 12.1. The summed E-state index contributed by atoms with van der Waals surface area (Å²) in [4.78, 5) is 11.3. The summed E-state index contributed by atoms with van der Waals surface area (Å²) in [6.07, 6.45) is 1.12. The quantitative estimate of drug-likeness (QED) is 0.768. The molecule has 0 unspecified atom stereocenters. The van der Waals surface area contributed by atoms with Crippen LogP contribution in [0.4, 0.5) is 0 Å². The summed E-state index contributed by atoms with van der Waals surface area (Å²) in [5.41, 5.74) is 6.91. The Morgan fingerprint density at radius 1 is 1.14 bits per heavy atom. The minimum absolute atomic E-state index is 0.381. The summed E-state index contributed by atoms with van der Waals surface area (Å²) in [5, 5.41) is 3.34. The van der Waals surface area contributed by atoms with Crippen molar-refractivity contribution in [3.05, 3.63) is 59.7 Å². The van der Waals surface area contributed by atoms with Crippen molar-refractivity contribution in [1.82, 2.24) is 5.32 Å². The second-order valence-electron chi connectivity index (χ2n) is 4.78. The summed E-state index contributed by atoms with van der Waals surface area (Å²) >= 11 is 0. The first-order valence-electron chi connectivity index (χ1n) is 7.07. The molecule has 110 valence electrons. The molecular formula is C17H20N2O2. The molecule has 0 saturated carbocycles. The number of carbonyl (C=O) groups is 1. The van der Waals surface area contributed by atoms with Gasteiger partial charge in [0.15, 0.2) is 0 Å². The average Bonchev–Trinajstić information content (AvgIpc) is 2.50. The van der Waals surface area contributed by atoms with E-state index in [4.69, 9.17) is 10.5 Å². The number of primary amides is 1. The molecule has 2 rings (SSSR count). The molecule has 4 heteroatoms. The summed E-state index contributed by atoms with van der Waals surface area (Å²) in [6, 6.07) is 14.7. The minimum Gasteiger partial charge on any atom is -0.457 e. The predicted molar refractivity (Wildman–Crippen MR) is 83.5 cm³/mol. The summed E-state index contributed by atoms with van der Waals surface area (Å²) in [5.74, 6) is 0.663. The molecule has 0 spiro atoms. The van der Waals surface area contributed by atoms with Crippen LogP contribution in [0.5, 0.6) is 11.5 Å². The summed E-state index contributed by atoms with van der Waals surface area (Å²) in [7, 11) is 0. The molecule has 0 heterocycles. The second-order valence-corrected chi connectivity index (χ2v) is 4.78. The van der Waals surface area contributed by atoms with Crippen LogP contribution in [0.25, 0.3) is 0 Å². The topological polar surface area (TPSA) is 64.3 Å². The SMILES string of the molecule is CCCNCc1ccc(Oc2ccccc2C(N)=O)cc1. The lowest BCUT2D eigenvalue weighted by Gasteiger charge is -2.10. The first-order valence-corrected chi connectivity index (χ1v) is 7.07. The fourth-order valence-electron chi connectivity index (χ4n) is 1.97. The molecule has 0 aliphatic rings. The number of ether oxygens (including phenoxy) is 1. The average molecular weight is 284 g/mol. The van der Waals surface area contributed by atoms with Gasteiger partial charge in [0.1, 0.15) is 11.5 Å². The van der Waals surface area contributed by atoms with Crippen LogP contribution in [0, 0.1) is 0 Å². The van der Waals surface area contributed by atoms with Gasteiger partial charge >= 0.3 is 0 Å². The van der Waals surface area contributed by atoms with Crippen LogP contribution in [0.2, 0.25) is 0 Å². The van der Waals surface area contributed by atoms with Gasteiger partial charge in [-0.1, -0.05) is 31.2 Å². The molecular weight excluding hydrogens is 264 g/mol. The van der Waals surface area contributed by atoms with Crippen LogP contribution in [0.3, 0.4) is 0 Å². The Bertz CT molecular complexity index is 594. The van der Waals surface area contributed by atoms with Crippen molar-refractivity contribution < 1.29 is 9.53 Å². The van der Waals surface area contributed by atoms with E-state index in [0.717, 1.165) is 19.5 Å². The molecule has 0 aromatic heterocycles. The predicted octanol–water partition coefficient (Wildman–Crippen LogP) is 3.08. The number of hydrogen-bond acceptors (Lipinski definition) is 3. The molecule has 21 heavy (non-hydrogen) atoms. The monoisotopic (exact) mass is 284 g/mol. The number of nitrogens with one attached hydrogen (secondary N) is 1. The lowest BCUT2D eigenvalue weighted by Crippen LogP contribution is -2.13. The Labute approximate surface area is 124 Å². The second kappa shape index (κ2) is 7.45. The zero-order valence-electron chi connectivity index (χ0n) is 12.1. The Hall–Kier alpha value is -2.33. The number of para-hydroxylation sites is 1. The van der Waals surface area contributed by atoms with Crippen LogP contribution < -0.4 is 15.8 Å². The van der Waals surface area contributed by atoms with E-state index in [1.807, 2.05) is 30.3 Å². The molecule has 0 radical (unpaired) electrons. The molecule has 0 aliphatic carbocycles. The van der Waals surface area contributed by atoms with E-state index in [1.54, 1.807) is 18.2 Å². The van der Waals surface area contributed by atoms with E-state index >= 15 is 0 Å². The Kier molecular flexibility index (Phi) is 5.35. The third-order valence-electron chi connectivity index (χ3n) is 3.06. The van der Waals surface area contributed by atoms with Crippen molar-refractivity contribution in [3.8, 4) is 11.5 Å². The maximum Gasteiger partial charge on any atom is 0.252 e. The molecule has 2 aromatic carbocycles. The van der Waals surface area contributed by atoms with Gasteiger partial charge in [0, 0.05) is 6.54 Å². The molecule has 0 saturated heterocycles. The first-order chi connectivity index (χ1) is 10.2. The summed E-state index contributed by atoms with van der Waals surface area (Å²) < 4.78 is 5.73. The zero-order chi connectivity index (χ0) is 15.1. The van der Waals surface area contributed by atoms with E-state index in [2.05, 4.69) is 12.2 Å². The highest BCUT2D eigenvalue weighted by Crippen LogP contribution is 2.25. The highest BCUT2D eigenvalue weighted by atomic mass is 16.5. The Morgan fingerprint density at radius 3 is 2.52 bits per heavy atom. The molecule has 1 amide bonds. The number of amides is 1. The smallest absolute Gasteiger partial charge is 0.252 e. The van der Waals surface area contributed by atoms with Gasteiger partial charge in [-0.15, -0.1) is 0 Å². The fraction of sp³-hybridized carbons (Fsp3) is 0.235. The lowest BCUT2D eigenvalue weighted by molar-refractivity contribution is 0.0998. The lowest BCUT2D eigenvalue weighted by atomic mass is 10.2. The maximum atomic E-state index is 11.3. The van der Waals surface area contributed by atoms with Crippen molar-refractivity contribution in [3.63, 3.8) is 0 Å². The number of rotatable bonds is 7. The van der Waals surface area contributed by atoms with Crippen molar-refractivity contribution >= 4 is 5.91 Å². The van der Waals surface area contributed by atoms with E-state index < -0.39 is 5.91 Å². The van der Waals surface area contributed by atoms with E-state index in [1.165, 1.54) is 5.56 Å². The van der Waals surface area contributed by atoms with Crippen LogP contribution in [0.1, 0.15) is 29.3 Å². The van der Waals surface area contributed by atoms with Crippen molar-refractivity contribution in [2.75, 3.05) is 6.54 Å². The van der Waals surface area contributed by atoms with Gasteiger partial charge in [-0.25, -0.2) is 0 Å². The van der Waals surface area contributed by atoms with Gasteiger partial charge in [0.25, 0.3) is 5.91 Å². The van der Waals surface area contributed by atoms with Gasteiger partial charge in [-0.3, -0.25) is 4.79 Å². The van der Waals surface area contributed by atoms with Gasteiger partial charge < -0.3 is 15.8 Å². The Morgan fingerprint density at radius 2 is 1.86 bits per heavy atom. The minimum atomic E-state index is -0.494. The maximum absolute atomic E-state index is 11.3. The van der Waals surface area contributed by atoms with Crippen molar-refractivity contribution in [2.24, 2.45) is 5.73 Å². The number of hydrogen-bond donors (Lipinski definition) is 2. The largest absolute Gasteiger partial charge is 0.457 e. The molecule has 0 aliphatic heterocycles. The third kappa shape index (κ3) is 4.33. The van der Waals surface area contributed by atoms with E-state index in [9.17, 15) is 4.79 Å². The number of nitrogens with two attached hydrogens (primary N) is 1. The molecule has 0 bridgehead atoms. The van der Waals surface area contributed by atoms with Crippen LogP contribution in [-0.2, 0) is 6.54 Å². The normalized spacial score (nSPS) is 10.3. The summed E-state index contributed by atoms with van der Waals surface area (Å²) in [6.45, 7) is 3.98.